The van der Waals surface area contributed by atoms with Gasteiger partial charge in [0, 0.05) is 48.5 Å². The Morgan fingerprint density at radius 2 is 1.10 bits per heavy atom. The first-order chi connectivity index (χ1) is 24.3. The molecule has 0 N–H and O–H groups in total. The highest BCUT2D eigenvalue weighted by Gasteiger charge is 2.19. The van der Waals surface area contributed by atoms with Crippen molar-refractivity contribution in [1.82, 2.24) is 4.98 Å². The first-order valence-electron chi connectivity index (χ1n) is 16.4. The van der Waals surface area contributed by atoms with Gasteiger partial charge in [0.1, 0.15) is 5.58 Å². The second kappa shape index (κ2) is 11.2. The number of anilines is 3. The number of nitrogens with zero attached hydrogens (tertiary/aromatic N) is 2. The van der Waals surface area contributed by atoms with Crippen molar-refractivity contribution >= 4 is 81.4 Å². The smallest absolute Gasteiger partial charge is 0.227 e. The van der Waals surface area contributed by atoms with Crippen LogP contribution in [0, 0.1) is 0 Å². The second-order valence-corrected chi connectivity index (χ2v) is 13.5. The molecule has 0 spiro atoms. The molecule has 0 atom stereocenters. The lowest BCUT2D eigenvalue weighted by atomic mass is 9.99. The Bertz CT molecular complexity index is 2810. The average molecular weight is 645 g/mol. The number of thiophene rings is 1. The van der Waals surface area contributed by atoms with E-state index in [0.717, 1.165) is 49.6 Å². The molecular weight excluding hydrogens is 617 g/mol. The standard InChI is InChI=1S/C45H28N2OS/c1-2-9-29(10-3-1)30-19-23-34(24-20-30)47(39-13-8-16-42-44(39)37-12-5-7-15-41(37)49-42)35-25-21-31(22-26-35)32-17-18-33-28-46-45-43(38(33)27-32)36-11-4-6-14-40(36)48-45/h1-28H. The summed E-state index contributed by atoms with van der Waals surface area (Å²) in [6.45, 7) is 0. The number of fused-ring (bicyclic) bond motifs is 8. The first-order valence-corrected chi connectivity index (χ1v) is 17.3. The number of aromatic nitrogens is 1. The fourth-order valence-electron chi connectivity index (χ4n) is 7.18. The van der Waals surface area contributed by atoms with E-state index in [1.807, 2.05) is 29.7 Å². The Morgan fingerprint density at radius 1 is 0.469 bits per heavy atom. The molecule has 230 valence electrons. The molecule has 0 fully saturated rings. The van der Waals surface area contributed by atoms with Crippen molar-refractivity contribution in [2.24, 2.45) is 0 Å². The van der Waals surface area contributed by atoms with E-state index in [4.69, 9.17) is 4.42 Å². The van der Waals surface area contributed by atoms with Gasteiger partial charge >= 0.3 is 0 Å². The highest BCUT2D eigenvalue weighted by molar-refractivity contribution is 7.26. The van der Waals surface area contributed by atoms with E-state index in [1.165, 1.54) is 37.0 Å². The SMILES string of the molecule is c1ccc(-c2ccc(N(c3ccc(-c4ccc5cnc6oc7ccccc7c6c5c4)cc3)c3cccc4sc5ccccc5c34)cc2)cc1. The van der Waals surface area contributed by atoms with Crippen LogP contribution in [0.15, 0.2) is 174 Å². The number of furan rings is 1. The van der Waals surface area contributed by atoms with Gasteiger partial charge in [0.2, 0.25) is 5.71 Å². The van der Waals surface area contributed by atoms with Gasteiger partial charge in [-0.25, -0.2) is 4.98 Å². The maximum atomic E-state index is 6.10. The number of pyridine rings is 1. The minimum atomic E-state index is 0.672. The Morgan fingerprint density at radius 3 is 1.90 bits per heavy atom. The molecule has 0 aliphatic heterocycles. The van der Waals surface area contributed by atoms with Crippen molar-refractivity contribution in [1.29, 1.82) is 0 Å². The lowest BCUT2D eigenvalue weighted by Crippen LogP contribution is -2.10. The lowest BCUT2D eigenvalue weighted by molar-refractivity contribution is 0.654. The molecule has 10 rings (SSSR count). The van der Waals surface area contributed by atoms with E-state index in [9.17, 15) is 0 Å². The Balaban J connectivity index is 1.11. The van der Waals surface area contributed by atoms with Crippen molar-refractivity contribution in [3.8, 4) is 22.3 Å². The Labute approximate surface area is 286 Å². The van der Waals surface area contributed by atoms with Crippen molar-refractivity contribution < 1.29 is 4.42 Å². The van der Waals surface area contributed by atoms with Crippen LogP contribution in [0.5, 0.6) is 0 Å². The van der Waals surface area contributed by atoms with Gasteiger partial charge in [0.05, 0.1) is 11.1 Å². The van der Waals surface area contributed by atoms with Crippen LogP contribution >= 0.6 is 11.3 Å². The summed E-state index contributed by atoms with van der Waals surface area (Å²) < 4.78 is 8.68. The van der Waals surface area contributed by atoms with Gasteiger partial charge in [-0.2, -0.15) is 0 Å². The second-order valence-electron chi connectivity index (χ2n) is 12.4. The zero-order chi connectivity index (χ0) is 32.3. The van der Waals surface area contributed by atoms with E-state index >= 15 is 0 Å². The molecule has 7 aromatic carbocycles. The predicted octanol–water partition coefficient (Wildman–Crippen LogP) is 13.3. The van der Waals surface area contributed by atoms with E-state index in [-0.39, 0.29) is 0 Å². The van der Waals surface area contributed by atoms with Crippen LogP contribution in [-0.2, 0) is 0 Å². The molecule has 0 saturated carbocycles. The quantitative estimate of drug-likeness (QED) is 0.187. The van der Waals surface area contributed by atoms with Crippen LogP contribution in [0.2, 0.25) is 0 Å². The molecule has 0 unspecified atom stereocenters. The maximum Gasteiger partial charge on any atom is 0.227 e. The third kappa shape index (κ3) is 4.61. The molecule has 10 aromatic rings. The molecule has 3 nitrogen and oxygen atoms in total. The van der Waals surface area contributed by atoms with E-state index in [1.54, 1.807) is 0 Å². The largest absolute Gasteiger partial charge is 0.438 e. The van der Waals surface area contributed by atoms with E-state index in [2.05, 4.69) is 162 Å². The van der Waals surface area contributed by atoms with Crippen molar-refractivity contribution in [2.75, 3.05) is 4.90 Å². The number of benzene rings is 7. The molecule has 0 amide bonds. The molecule has 0 aliphatic carbocycles. The Hall–Kier alpha value is -6.23. The number of hydrogen-bond acceptors (Lipinski definition) is 4. The highest BCUT2D eigenvalue weighted by Crippen LogP contribution is 2.45. The van der Waals surface area contributed by atoms with Gasteiger partial charge in [-0.15, -0.1) is 11.3 Å². The summed E-state index contributed by atoms with van der Waals surface area (Å²) >= 11 is 1.85. The topological polar surface area (TPSA) is 29.3 Å². The van der Waals surface area contributed by atoms with Crippen molar-refractivity contribution in [2.45, 2.75) is 0 Å². The minimum Gasteiger partial charge on any atom is -0.438 e. The van der Waals surface area contributed by atoms with Crippen LogP contribution < -0.4 is 4.90 Å². The third-order valence-corrected chi connectivity index (χ3v) is 10.7. The molecule has 49 heavy (non-hydrogen) atoms. The van der Waals surface area contributed by atoms with Gasteiger partial charge in [0.25, 0.3) is 0 Å². The molecule has 0 bridgehead atoms. The summed E-state index contributed by atoms with van der Waals surface area (Å²) in [5, 5.41) is 6.96. The monoisotopic (exact) mass is 644 g/mol. The third-order valence-electron chi connectivity index (χ3n) is 9.53. The van der Waals surface area contributed by atoms with Crippen LogP contribution in [0.3, 0.4) is 0 Å². The van der Waals surface area contributed by atoms with Crippen LogP contribution in [0.4, 0.5) is 17.1 Å². The van der Waals surface area contributed by atoms with Crippen molar-refractivity contribution in [3.05, 3.63) is 170 Å². The summed E-state index contributed by atoms with van der Waals surface area (Å²) in [5.41, 5.74) is 9.64. The molecule has 3 heterocycles. The molecule has 0 saturated heterocycles. The van der Waals surface area contributed by atoms with E-state index in [0.29, 0.717) is 5.71 Å². The summed E-state index contributed by atoms with van der Waals surface area (Å²) in [7, 11) is 0. The number of hydrogen-bond donors (Lipinski definition) is 0. The Kier molecular flexibility index (Phi) is 6.36. The summed E-state index contributed by atoms with van der Waals surface area (Å²) in [6, 6.07) is 58.6. The van der Waals surface area contributed by atoms with Gasteiger partial charge in [-0.1, -0.05) is 109 Å². The predicted molar refractivity (Wildman–Crippen MR) is 207 cm³/mol. The average Bonchev–Trinajstić information content (AvgIpc) is 3.75. The van der Waals surface area contributed by atoms with Gasteiger partial charge in [-0.05, 0) is 82.2 Å². The number of para-hydroxylation sites is 1. The highest BCUT2D eigenvalue weighted by atomic mass is 32.1. The molecule has 3 aromatic heterocycles. The first kappa shape index (κ1) is 27.8. The van der Waals surface area contributed by atoms with Crippen LogP contribution in [-0.4, -0.2) is 4.98 Å². The molecular formula is C45H28N2OS. The number of rotatable bonds is 5. The van der Waals surface area contributed by atoms with Gasteiger partial charge in [-0.3, -0.25) is 0 Å². The van der Waals surface area contributed by atoms with Crippen molar-refractivity contribution in [3.63, 3.8) is 0 Å². The minimum absolute atomic E-state index is 0.672. The van der Waals surface area contributed by atoms with Crippen LogP contribution in [0.1, 0.15) is 0 Å². The van der Waals surface area contributed by atoms with E-state index < -0.39 is 0 Å². The fraction of sp³-hybridized carbons (Fsp3) is 0. The summed E-state index contributed by atoms with van der Waals surface area (Å²) in [4.78, 5) is 7.02. The van der Waals surface area contributed by atoms with Gasteiger partial charge < -0.3 is 9.32 Å². The lowest BCUT2D eigenvalue weighted by Gasteiger charge is -2.27. The normalized spacial score (nSPS) is 11.7. The van der Waals surface area contributed by atoms with Gasteiger partial charge in [0.15, 0.2) is 0 Å². The summed E-state index contributed by atoms with van der Waals surface area (Å²) in [6.07, 6.45) is 1.91. The maximum absolute atomic E-state index is 6.10. The molecule has 4 heteroatoms. The zero-order valence-corrected chi connectivity index (χ0v) is 27.2. The fourth-order valence-corrected chi connectivity index (χ4v) is 8.31. The van der Waals surface area contributed by atoms with Crippen LogP contribution in [0.25, 0.3) is 75.3 Å². The zero-order valence-electron chi connectivity index (χ0n) is 26.4. The molecule has 0 radical (unpaired) electrons. The summed E-state index contributed by atoms with van der Waals surface area (Å²) in [5.74, 6) is 0. The molecule has 0 aliphatic rings.